The van der Waals surface area contributed by atoms with Gasteiger partial charge in [-0.3, -0.25) is 4.79 Å². The normalized spacial score (nSPS) is 19.3. The van der Waals surface area contributed by atoms with Gasteiger partial charge in [0.15, 0.2) is 0 Å². The van der Waals surface area contributed by atoms with Crippen molar-refractivity contribution in [2.45, 2.75) is 27.7 Å². The monoisotopic (exact) mass is 296 g/mol. The summed E-state index contributed by atoms with van der Waals surface area (Å²) in [6.45, 7) is 9.56. The van der Waals surface area contributed by atoms with Crippen LogP contribution in [-0.2, 0) is 4.79 Å². The number of carbonyl (C=O) groups is 1. The Kier molecular flexibility index (Phi) is 4.06. The summed E-state index contributed by atoms with van der Waals surface area (Å²) in [5.41, 5.74) is 0.0961. The fourth-order valence-corrected chi connectivity index (χ4v) is 2.97. The van der Waals surface area contributed by atoms with E-state index in [-0.39, 0.29) is 17.4 Å². The van der Waals surface area contributed by atoms with Crippen LogP contribution in [0.5, 0.6) is 0 Å². The Bertz CT molecular complexity index is 521. The van der Waals surface area contributed by atoms with Crippen molar-refractivity contribution >= 4 is 11.6 Å². The zero-order valence-electron chi connectivity index (χ0n) is 12.9. The highest BCUT2D eigenvalue weighted by Crippen LogP contribution is 2.67. The zero-order valence-corrected chi connectivity index (χ0v) is 12.9. The molecule has 0 heterocycles. The first-order valence-corrected chi connectivity index (χ1v) is 7.12. The van der Waals surface area contributed by atoms with Gasteiger partial charge in [0.2, 0.25) is 5.91 Å². The van der Waals surface area contributed by atoms with Crippen LogP contribution in [0.4, 0.5) is 14.5 Å². The number of carbonyl (C=O) groups excluding carboxylic acids is 1. The number of para-hydroxylation sites is 1. The standard InChI is InChI=1S/C16H22F2N2O/c1-15(2)12(16(15,3)4)8-19-9-13(21)20-14-10(17)6-5-7-11(14)18/h5-7,12,19H,8-9H2,1-4H3,(H,20,21). The Labute approximate surface area is 124 Å². The maximum atomic E-state index is 13.4. The van der Waals surface area contributed by atoms with Crippen LogP contribution in [0, 0.1) is 28.4 Å². The van der Waals surface area contributed by atoms with E-state index < -0.39 is 23.2 Å². The quantitative estimate of drug-likeness (QED) is 0.876. The molecule has 21 heavy (non-hydrogen) atoms. The van der Waals surface area contributed by atoms with Crippen molar-refractivity contribution in [3.63, 3.8) is 0 Å². The Balaban J connectivity index is 1.82. The van der Waals surface area contributed by atoms with E-state index in [4.69, 9.17) is 0 Å². The van der Waals surface area contributed by atoms with Crippen LogP contribution in [0.15, 0.2) is 18.2 Å². The smallest absolute Gasteiger partial charge is 0.238 e. The van der Waals surface area contributed by atoms with E-state index in [0.29, 0.717) is 12.5 Å². The number of anilines is 1. The molecule has 1 saturated carbocycles. The molecular weight excluding hydrogens is 274 g/mol. The van der Waals surface area contributed by atoms with E-state index in [2.05, 4.69) is 38.3 Å². The number of hydrogen-bond acceptors (Lipinski definition) is 2. The van der Waals surface area contributed by atoms with Crippen LogP contribution >= 0.6 is 0 Å². The molecule has 0 atom stereocenters. The van der Waals surface area contributed by atoms with E-state index >= 15 is 0 Å². The summed E-state index contributed by atoms with van der Waals surface area (Å²) in [6, 6.07) is 3.48. The maximum absolute atomic E-state index is 13.4. The molecular formula is C16H22F2N2O. The van der Waals surface area contributed by atoms with Crippen molar-refractivity contribution in [2.24, 2.45) is 16.7 Å². The minimum Gasteiger partial charge on any atom is -0.320 e. The Morgan fingerprint density at radius 2 is 1.67 bits per heavy atom. The summed E-state index contributed by atoms with van der Waals surface area (Å²) in [6.07, 6.45) is 0. The summed E-state index contributed by atoms with van der Waals surface area (Å²) in [5, 5.41) is 5.32. The molecule has 1 aliphatic rings. The van der Waals surface area contributed by atoms with Gasteiger partial charge < -0.3 is 10.6 Å². The Morgan fingerprint density at radius 3 is 2.14 bits per heavy atom. The molecule has 0 radical (unpaired) electrons. The number of nitrogens with one attached hydrogen (secondary N) is 2. The van der Waals surface area contributed by atoms with Gasteiger partial charge in [0, 0.05) is 0 Å². The molecule has 1 aliphatic carbocycles. The molecule has 0 bridgehead atoms. The largest absolute Gasteiger partial charge is 0.320 e. The Morgan fingerprint density at radius 1 is 1.14 bits per heavy atom. The minimum absolute atomic E-state index is 0.0381. The summed E-state index contributed by atoms with van der Waals surface area (Å²) >= 11 is 0. The molecule has 3 nitrogen and oxygen atoms in total. The van der Waals surface area contributed by atoms with Crippen LogP contribution in [0.2, 0.25) is 0 Å². The molecule has 1 fully saturated rings. The van der Waals surface area contributed by atoms with Crippen molar-refractivity contribution in [3.8, 4) is 0 Å². The van der Waals surface area contributed by atoms with Crippen LogP contribution in [-0.4, -0.2) is 19.0 Å². The molecule has 5 heteroatoms. The lowest BCUT2D eigenvalue weighted by atomic mass is 10.0. The van der Waals surface area contributed by atoms with Crippen molar-refractivity contribution in [1.82, 2.24) is 5.32 Å². The Hall–Kier alpha value is -1.49. The summed E-state index contributed by atoms with van der Waals surface area (Å²) in [4.78, 5) is 11.7. The van der Waals surface area contributed by atoms with E-state index in [9.17, 15) is 13.6 Å². The summed E-state index contributed by atoms with van der Waals surface area (Å²) in [5.74, 6) is -1.50. The number of benzene rings is 1. The predicted octanol–water partition coefficient (Wildman–Crippen LogP) is 3.18. The van der Waals surface area contributed by atoms with Crippen molar-refractivity contribution < 1.29 is 13.6 Å². The number of rotatable bonds is 5. The van der Waals surface area contributed by atoms with Gasteiger partial charge in [-0.15, -0.1) is 0 Å². The lowest BCUT2D eigenvalue weighted by molar-refractivity contribution is -0.115. The molecule has 1 amide bonds. The van der Waals surface area contributed by atoms with Crippen molar-refractivity contribution in [3.05, 3.63) is 29.8 Å². The highest BCUT2D eigenvalue weighted by molar-refractivity contribution is 5.92. The molecule has 0 saturated heterocycles. The van der Waals surface area contributed by atoms with Gasteiger partial charge in [-0.2, -0.15) is 0 Å². The third-order valence-electron chi connectivity index (χ3n) is 5.18. The topological polar surface area (TPSA) is 41.1 Å². The summed E-state index contributed by atoms with van der Waals surface area (Å²) < 4.78 is 26.8. The molecule has 0 aliphatic heterocycles. The van der Waals surface area contributed by atoms with Crippen LogP contribution in [0.1, 0.15) is 27.7 Å². The first kappa shape index (κ1) is 15.9. The van der Waals surface area contributed by atoms with Crippen molar-refractivity contribution in [1.29, 1.82) is 0 Å². The van der Waals surface area contributed by atoms with Gasteiger partial charge in [0.05, 0.1) is 6.54 Å². The first-order chi connectivity index (χ1) is 9.68. The third-order valence-corrected chi connectivity index (χ3v) is 5.18. The van der Waals surface area contributed by atoms with Gasteiger partial charge in [-0.1, -0.05) is 33.8 Å². The number of hydrogen-bond donors (Lipinski definition) is 2. The van der Waals surface area contributed by atoms with E-state index in [1.165, 1.54) is 6.07 Å². The average molecular weight is 296 g/mol. The SMILES string of the molecule is CC1(C)C(CNCC(=O)Nc2c(F)cccc2F)C1(C)C. The third kappa shape index (κ3) is 2.93. The van der Waals surface area contributed by atoms with Gasteiger partial charge in [0.1, 0.15) is 17.3 Å². The van der Waals surface area contributed by atoms with Gasteiger partial charge >= 0.3 is 0 Å². The molecule has 116 valence electrons. The van der Waals surface area contributed by atoms with Crippen LogP contribution < -0.4 is 10.6 Å². The molecule has 1 aromatic carbocycles. The second kappa shape index (κ2) is 5.37. The highest BCUT2D eigenvalue weighted by atomic mass is 19.1. The molecule has 2 N–H and O–H groups in total. The van der Waals surface area contributed by atoms with Gasteiger partial charge in [-0.05, 0) is 35.4 Å². The predicted molar refractivity (Wildman–Crippen MR) is 78.9 cm³/mol. The minimum atomic E-state index is -0.771. The number of amides is 1. The van der Waals surface area contributed by atoms with E-state index in [0.717, 1.165) is 12.1 Å². The first-order valence-electron chi connectivity index (χ1n) is 7.12. The summed E-state index contributed by atoms with van der Waals surface area (Å²) in [7, 11) is 0. The second-order valence-corrected chi connectivity index (χ2v) is 6.77. The number of halogens is 2. The van der Waals surface area contributed by atoms with Crippen LogP contribution in [0.3, 0.4) is 0 Å². The lowest BCUT2D eigenvalue weighted by Gasteiger charge is -2.09. The van der Waals surface area contributed by atoms with E-state index in [1.807, 2.05) is 0 Å². The molecule has 0 unspecified atom stereocenters. The molecule has 0 aromatic heterocycles. The molecule has 1 aromatic rings. The molecule has 2 rings (SSSR count). The fraction of sp³-hybridized carbons (Fsp3) is 0.562. The second-order valence-electron chi connectivity index (χ2n) is 6.77. The van der Waals surface area contributed by atoms with Gasteiger partial charge in [0.25, 0.3) is 0 Å². The van der Waals surface area contributed by atoms with Crippen molar-refractivity contribution in [2.75, 3.05) is 18.4 Å². The average Bonchev–Trinajstić information content (AvgIpc) is 2.76. The lowest BCUT2D eigenvalue weighted by Crippen LogP contribution is -2.31. The zero-order chi connectivity index (χ0) is 15.8. The molecule has 0 spiro atoms. The van der Waals surface area contributed by atoms with E-state index in [1.54, 1.807) is 0 Å². The van der Waals surface area contributed by atoms with Gasteiger partial charge in [-0.25, -0.2) is 8.78 Å². The van der Waals surface area contributed by atoms with Crippen LogP contribution in [0.25, 0.3) is 0 Å². The fourth-order valence-electron chi connectivity index (χ4n) is 2.97. The highest BCUT2D eigenvalue weighted by Gasteiger charge is 2.63. The maximum Gasteiger partial charge on any atom is 0.238 e.